The van der Waals surface area contributed by atoms with Crippen LogP contribution in [0, 0.1) is 17.8 Å². The molecular formula is C15H17BrN2O2. The molecule has 0 amide bonds. The van der Waals surface area contributed by atoms with Crippen LogP contribution in [-0.2, 0) is 5.41 Å². The van der Waals surface area contributed by atoms with Crippen molar-refractivity contribution in [1.29, 1.82) is 0 Å². The van der Waals surface area contributed by atoms with E-state index in [2.05, 4.69) is 25.9 Å². The summed E-state index contributed by atoms with van der Waals surface area (Å²) in [5.74, 6) is 2.22. The second-order valence-electron chi connectivity index (χ2n) is 6.89. The average molecular weight is 337 g/mol. The summed E-state index contributed by atoms with van der Waals surface area (Å²) >= 11 is 3.24. The summed E-state index contributed by atoms with van der Waals surface area (Å²) in [4.78, 5) is 20.2. The molecule has 1 heterocycles. The lowest BCUT2D eigenvalue weighted by Gasteiger charge is -2.55. The Labute approximate surface area is 126 Å². The fourth-order valence-electron chi connectivity index (χ4n) is 5.16. The number of carbonyl (C=O) groups is 1. The van der Waals surface area contributed by atoms with Gasteiger partial charge in [0.2, 0.25) is 0 Å². The topological polar surface area (TPSA) is 63.1 Å². The van der Waals surface area contributed by atoms with Crippen molar-refractivity contribution in [3.8, 4) is 0 Å². The maximum atomic E-state index is 11.3. The highest BCUT2D eigenvalue weighted by Crippen LogP contribution is 2.60. The van der Waals surface area contributed by atoms with Crippen molar-refractivity contribution >= 4 is 21.9 Å². The molecule has 0 atom stereocenters. The Morgan fingerprint density at radius 2 is 1.75 bits per heavy atom. The number of hydrogen-bond donors (Lipinski definition) is 1. The average Bonchev–Trinajstić information content (AvgIpc) is 2.37. The van der Waals surface area contributed by atoms with E-state index in [9.17, 15) is 9.90 Å². The zero-order valence-electron chi connectivity index (χ0n) is 11.2. The van der Waals surface area contributed by atoms with E-state index in [4.69, 9.17) is 0 Å². The van der Waals surface area contributed by atoms with Crippen LogP contribution in [0.4, 0.5) is 0 Å². The van der Waals surface area contributed by atoms with Crippen LogP contribution in [0.5, 0.6) is 0 Å². The third-order valence-corrected chi connectivity index (χ3v) is 6.04. The first-order valence-electron chi connectivity index (χ1n) is 7.32. The fourth-order valence-corrected chi connectivity index (χ4v) is 5.52. The lowest BCUT2D eigenvalue weighted by molar-refractivity contribution is -0.00953. The lowest BCUT2D eigenvalue weighted by Crippen LogP contribution is -2.49. The molecule has 4 aliphatic carbocycles. The summed E-state index contributed by atoms with van der Waals surface area (Å²) in [6, 6.07) is 0. The Bertz CT molecular complexity index is 552. The minimum Gasteiger partial charge on any atom is -0.476 e. The van der Waals surface area contributed by atoms with E-state index in [0.717, 1.165) is 42.8 Å². The molecule has 4 bridgehead atoms. The lowest BCUT2D eigenvalue weighted by atomic mass is 9.49. The molecule has 4 fully saturated rings. The first-order chi connectivity index (χ1) is 9.56. The number of carboxylic acid groups (broad SMARTS) is 1. The smallest absolute Gasteiger partial charge is 0.355 e. The zero-order chi connectivity index (χ0) is 13.9. The van der Waals surface area contributed by atoms with E-state index in [1.54, 1.807) is 6.20 Å². The first-order valence-corrected chi connectivity index (χ1v) is 8.11. The number of hydrogen-bond acceptors (Lipinski definition) is 3. The summed E-state index contributed by atoms with van der Waals surface area (Å²) in [5.41, 5.74) is 0.158. The third-order valence-electron chi connectivity index (χ3n) is 5.46. The molecule has 0 spiro atoms. The van der Waals surface area contributed by atoms with Gasteiger partial charge in [-0.25, -0.2) is 14.8 Å². The van der Waals surface area contributed by atoms with E-state index >= 15 is 0 Å². The van der Waals surface area contributed by atoms with Gasteiger partial charge < -0.3 is 5.11 Å². The van der Waals surface area contributed by atoms with Crippen LogP contribution in [0.2, 0.25) is 0 Å². The Kier molecular flexibility index (Phi) is 2.72. The molecule has 4 aliphatic rings. The molecule has 5 rings (SSSR count). The van der Waals surface area contributed by atoms with Crippen molar-refractivity contribution in [2.24, 2.45) is 17.8 Å². The second-order valence-corrected chi connectivity index (χ2v) is 7.75. The number of carboxylic acids is 1. The van der Waals surface area contributed by atoms with Gasteiger partial charge in [-0.3, -0.25) is 0 Å². The molecule has 0 aromatic carbocycles. The molecule has 0 radical (unpaired) electrons. The minimum atomic E-state index is -0.981. The SMILES string of the molecule is O=C(O)c1nc(C23CC4CC(CC(C4)C2)C3)ncc1Br. The van der Waals surface area contributed by atoms with Gasteiger partial charge in [-0.2, -0.15) is 0 Å². The van der Waals surface area contributed by atoms with Gasteiger partial charge in [-0.15, -0.1) is 0 Å². The van der Waals surface area contributed by atoms with Crippen LogP contribution < -0.4 is 0 Å². The van der Waals surface area contributed by atoms with Gasteiger partial charge in [0.25, 0.3) is 0 Å². The normalized spacial score (nSPS) is 38.1. The second kappa shape index (κ2) is 4.26. The summed E-state index contributed by atoms with van der Waals surface area (Å²) < 4.78 is 0.471. The van der Waals surface area contributed by atoms with Crippen molar-refractivity contribution in [2.75, 3.05) is 0 Å². The molecule has 0 aliphatic heterocycles. The van der Waals surface area contributed by atoms with Gasteiger partial charge in [0.1, 0.15) is 5.82 Å². The maximum absolute atomic E-state index is 11.3. The number of rotatable bonds is 2. The summed E-state index contributed by atoms with van der Waals surface area (Å²) in [7, 11) is 0. The summed E-state index contributed by atoms with van der Waals surface area (Å²) in [5, 5.41) is 9.25. The third kappa shape index (κ3) is 1.82. The molecule has 4 nitrogen and oxygen atoms in total. The van der Waals surface area contributed by atoms with E-state index in [-0.39, 0.29) is 11.1 Å². The summed E-state index contributed by atoms with van der Waals surface area (Å²) in [6.45, 7) is 0. The van der Waals surface area contributed by atoms with Gasteiger partial charge in [0.15, 0.2) is 5.69 Å². The predicted octanol–water partition coefficient (Wildman–Crippen LogP) is 3.41. The Morgan fingerprint density at radius 1 is 1.20 bits per heavy atom. The number of halogens is 1. The fraction of sp³-hybridized carbons (Fsp3) is 0.667. The van der Waals surface area contributed by atoms with Crippen LogP contribution in [0.25, 0.3) is 0 Å². The molecule has 0 unspecified atom stereocenters. The van der Waals surface area contributed by atoms with Crippen LogP contribution >= 0.6 is 15.9 Å². The van der Waals surface area contributed by atoms with E-state index < -0.39 is 5.97 Å². The van der Waals surface area contributed by atoms with E-state index in [1.807, 2.05) is 0 Å². The highest BCUT2D eigenvalue weighted by atomic mass is 79.9. The van der Waals surface area contributed by atoms with Crippen LogP contribution in [0.1, 0.15) is 54.8 Å². The highest BCUT2D eigenvalue weighted by molar-refractivity contribution is 9.10. The minimum absolute atomic E-state index is 0.0552. The summed E-state index contributed by atoms with van der Waals surface area (Å²) in [6.07, 6.45) is 9.16. The molecule has 4 saturated carbocycles. The van der Waals surface area contributed by atoms with Crippen molar-refractivity contribution in [3.63, 3.8) is 0 Å². The van der Waals surface area contributed by atoms with E-state index in [1.165, 1.54) is 19.3 Å². The molecular weight excluding hydrogens is 320 g/mol. The van der Waals surface area contributed by atoms with Gasteiger partial charge in [-0.05, 0) is 72.2 Å². The zero-order valence-corrected chi connectivity index (χ0v) is 12.8. The van der Waals surface area contributed by atoms with Crippen LogP contribution in [-0.4, -0.2) is 21.0 Å². The number of aromatic nitrogens is 2. The number of nitrogens with zero attached hydrogens (tertiary/aromatic N) is 2. The van der Waals surface area contributed by atoms with Crippen LogP contribution in [0.3, 0.4) is 0 Å². The van der Waals surface area contributed by atoms with Gasteiger partial charge in [0, 0.05) is 11.6 Å². The van der Waals surface area contributed by atoms with Gasteiger partial charge in [0.05, 0.1) is 4.47 Å². The predicted molar refractivity (Wildman–Crippen MR) is 76.5 cm³/mol. The molecule has 5 heteroatoms. The molecule has 1 aromatic rings. The van der Waals surface area contributed by atoms with Crippen LogP contribution in [0.15, 0.2) is 10.7 Å². The van der Waals surface area contributed by atoms with Gasteiger partial charge >= 0.3 is 5.97 Å². The van der Waals surface area contributed by atoms with E-state index in [0.29, 0.717) is 4.47 Å². The highest BCUT2D eigenvalue weighted by Gasteiger charge is 2.53. The molecule has 1 N–H and O–H groups in total. The molecule has 106 valence electrons. The molecule has 20 heavy (non-hydrogen) atoms. The molecule has 0 saturated heterocycles. The maximum Gasteiger partial charge on any atom is 0.355 e. The van der Waals surface area contributed by atoms with Crippen molar-refractivity contribution in [1.82, 2.24) is 9.97 Å². The quantitative estimate of drug-likeness (QED) is 0.898. The van der Waals surface area contributed by atoms with Crippen molar-refractivity contribution < 1.29 is 9.90 Å². The number of aromatic carboxylic acids is 1. The van der Waals surface area contributed by atoms with Gasteiger partial charge in [-0.1, -0.05) is 0 Å². The monoisotopic (exact) mass is 336 g/mol. The Balaban J connectivity index is 1.77. The van der Waals surface area contributed by atoms with Crippen molar-refractivity contribution in [2.45, 2.75) is 43.9 Å². The molecule has 1 aromatic heterocycles. The Hall–Kier alpha value is -0.970. The first kappa shape index (κ1) is 12.7. The Morgan fingerprint density at radius 3 is 2.25 bits per heavy atom. The standard InChI is InChI=1S/C15H17BrN2O2/c16-11-7-17-14(18-12(11)13(19)20)15-4-8-1-9(5-15)3-10(2-8)6-15/h7-10H,1-6H2,(H,19,20). The van der Waals surface area contributed by atoms with Crippen molar-refractivity contribution in [3.05, 3.63) is 22.2 Å². The largest absolute Gasteiger partial charge is 0.476 e.